The molecular formula is C24H31FO5. The molecule has 4 aliphatic carbocycles. The third-order valence-electron chi connectivity index (χ3n) is 8.98. The zero-order chi connectivity index (χ0) is 22.3. The number of rotatable bonds is 2. The van der Waals surface area contributed by atoms with Crippen molar-refractivity contribution in [2.24, 2.45) is 28.6 Å². The minimum absolute atomic E-state index is 0.0244. The number of fused-ring (bicyclic) bond motifs is 5. The molecule has 0 spiro atoms. The molecule has 8 atom stereocenters. The van der Waals surface area contributed by atoms with E-state index in [1.54, 1.807) is 13.0 Å². The van der Waals surface area contributed by atoms with Crippen LogP contribution < -0.4 is 0 Å². The monoisotopic (exact) mass is 418 g/mol. The van der Waals surface area contributed by atoms with Gasteiger partial charge in [0.1, 0.15) is 0 Å². The van der Waals surface area contributed by atoms with E-state index < -0.39 is 40.1 Å². The number of halogens is 1. The summed E-state index contributed by atoms with van der Waals surface area (Å²) >= 11 is 0. The Hall–Kier alpha value is -1.82. The van der Waals surface area contributed by atoms with Crippen molar-refractivity contribution in [2.45, 2.75) is 77.7 Å². The predicted molar refractivity (Wildman–Crippen MR) is 108 cm³/mol. The second kappa shape index (κ2) is 6.35. The Kier molecular flexibility index (Phi) is 4.53. The molecule has 164 valence electrons. The van der Waals surface area contributed by atoms with Gasteiger partial charge >= 0.3 is 5.97 Å². The van der Waals surface area contributed by atoms with Crippen LogP contribution in [0.4, 0.5) is 4.39 Å². The maximum absolute atomic E-state index is 17.1. The first-order valence-electron chi connectivity index (χ1n) is 10.9. The number of alkyl halides is 1. The van der Waals surface area contributed by atoms with Gasteiger partial charge in [0.2, 0.25) is 0 Å². The van der Waals surface area contributed by atoms with Crippen molar-refractivity contribution in [3.63, 3.8) is 0 Å². The molecule has 0 bridgehead atoms. The van der Waals surface area contributed by atoms with E-state index in [1.807, 2.05) is 13.8 Å². The van der Waals surface area contributed by atoms with E-state index in [1.165, 1.54) is 26.0 Å². The van der Waals surface area contributed by atoms with E-state index in [4.69, 9.17) is 4.74 Å². The molecule has 3 saturated carbocycles. The summed E-state index contributed by atoms with van der Waals surface area (Å²) in [5, 5.41) is 11.3. The van der Waals surface area contributed by atoms with Crippen LogP contribution in [-0.2, 0) is 19.1 Å². The van der Waals surface area contributed by atoms with Gasteiger partial charge in [-0.3, -0.25) is 14.4 Å². The predicted octanol–water partition coefficient (Wildman–Crippen LogP) is 3.49. The van der Waals surface area contributed by atoms with Gasteiger partial charge in [-0.05, 0) is 63.5 Å². The lowest BCUT2D eigenvalue weighted by atomic mass is 9.43. The first-order valence-corrected chi connectivity index (χ1v) is 10.9. The highest BCUT2D eigenvalue weighted by molar-refractivity contribution is 6.01. The number of carbonyl (C=O) groups excluding carboxylic acids is 3. The van der Waals surface area contributed by atoms with Crippen LogP contribution in [0.15, 0.2) is 23.8 Å². The van der Waals surface area contributed by atoms with Gasteiger partial charge in [-0.15, -0.1) is 0 Å². The number of aliphatic hydroxyl groups excluding tert-OH is 1. The van der Waals surface area contributed by atoms with Gasteiger partial charge in [-0.25, -0.2) is 4.39 Å². The first-order chi connectivity index (χ1) is 13.8. The number of aliphatic hydroxyl groups is 1. The van der Waals surface area contributed by atoms with Crippen molar-refractivity contribution in [3.8, 4) is 0 Å². The lowest BCUT2D eigenvalue weighted by Crippen LogP contribution is -2.70. The van der Waals surface area contributed by atoms with E-state index >= 15 is 4.39 Å². The maximum atomic E-state index is 17.1. The Morgan fingerprint density at radius 3 is 2.50 bits per heavy atom. The third kappa shape index (κ3) is 2.34. The molecule has 3 fully saturated rings. The van der Waals surface area contributed by atoms with Crippen LogP contribution in [0.25, 0.3) is 0 Å². The highest BCUT2D eigenvalue weighted by atomic mass is 19.1. The number of hydrogen-bond acceptors (Lipinski definition) is 5. The second-order valence-electron chi connectivity index (χ2n) is 10.3. The molecule has 1 N–H and O–H groups in total. The average molecular weight is 419 g/mol. The molecular weight excluding hydrogens is 387 g/mol. The van der Waals surface area contributed by atoms with Gasteiger partial charge in [0.25, 0.3) is 0 Å². The summed E-state index contributed by atoms with van der Waals surface area (Å²) in [5.41, 5.74) is -4.52. The van der Waals surface area contributed by atoms with Gasteiger partial charge < -0.3 is 9.84 Å². The fourth-order valence-electron chi connectivity index (χ4n) is 7.65. The number of ether oxygens (including phenoxy) is 1. The molecule has 0 heterocycles. The maximum Gasteiger partial charge on any atom is 0.303 e. The molecule has 0 aliphatic heterocycles. The second-order valence-corrected chi connectivity index (χ2v) is 10.3. The number of allylic oxidation sites excluding steroid dienone is 4. The summed E-state index contributed by atoms with van der Waals surface area (Å²) in [5.74, 6) is -1.72. The number of carbonyl (C=O) groups is 3. The number of esters is 1. The molecule has 3 unspecified atom stereocenters. The Bertz CT molecular complexity index is 892. The van der Waals surface area contributed by atoms with Crippen LogP contribution in [0, 0.1) is 28.6 Å². The van der Waals surface area contributed by atoms with Crippen molar-refractivity contribution < 1.29 is 28.6 Å². The van der Waals surface area contributed by atoms with Gasteiger partial charge in [0.05, 0.1) is 6.10 Å². The molecule has 0 radical (unpaired) electrons. The van der Waals surface area contributed by atoms with Gasteiger partial charge in [-0.1, -0.05) is 25.5 Å². The third-order valence-corrected chi connectivity index (χ3v) is 8.98. The van der Waals surface area contributed by atoms with Crippen molar-refractivity contribution >= 4 is 17.5 Å². The molecule has 0 aromatic carbocycles. The summed E-state index contributed by atoms with van der Waals surface area (Å²) in [6, 6.07) is 0. The van der Waals surface area contributed by atoms with Crippen molar-refractivity contribution in [1.82, 2.24) is 0 Å². The largest absolute Gasteiger partial charge is 0.451 e. The molecule has 0 amide bonds. The van der Waals surface area contributed by atoms with E-state index in [2.05, 4.69) is 0 Å². The number of ketones is 2. The Morgan fingerprint density at radius 1 is 1.23 bits per heavy atom. The van der Waals surface area contributed by atoms with Crippen LogP contribution >= 0.6 is 0 Å². The van der Waals surface area contributed by atoms with E-state index in [9.17, 15) is 19.5 Å². The van der Waals surface area contributed by atoms with Crippen LogP contribution in [0.2, 0.25) is 0 Å². The zero-order valence-corrected chi connectivity index (χ0v) is 18.3. The fraction of sp³-hybridized carbons (Fsp3) is 0.708. The van der Waals surface area contributed by atoms with E-state index in [0.29, 0.717) is 19.3 Å². The standard InChI is InChI=1S/C24H31FO5/c1-13-10-19-17-7-9-23(14(2)26,30-15(3)27)22(17,5)12-20(29)24(19,25)21(4)8-6-16(28)11-18(13)21/h6,8,11,13,17,19-20,29H,7,9-10,12H2,1-5H3/t13-,17?,19?,20-,21-,22-,23-,24?/m0/s1. The Labute approximate surface area is 176 Å². The molecule has 5 nitrogen and oxygen atoms in total. The van der Waals surface area contributed by atoms with Gasteiger partial charge in [0, 0.05) is 23.7 Å². The topological polar surface area (TPSA) is 80.7 Å². The van der Waals surface area contributed by atoms with Crippen LogP contribution in [-0.4, -0.2) is 40.0 Å². The molecule has 30 heavy (non-hydrogen) atoms. The summed E-state index contributed by atoms with van der Waals surface area (Å²) < 4.78 is 22.8. The fourth-order valence-corrected chi connectivity index (χ4v) is 7.65. The van der Waals surface area contributed by atoms with Gasteiger partial charge in [0.15, 0.2) is 22.8 Å². The number of Topliss-reactive ketones (excluding diaryl/α,β-unsaturated/α-hetero) is 1. The highest BCUT2D eigenvalue weighted by Crippen LogP contribution is 2.71. The highest BCUT2D eigenvalue weighted by Gasteiger charge is 2.75. The van der Waals surface area contributed by atoms with Crippen LogP contribution in [0.3, 0.4) is 0 Å². The smallest absolute Gasteiger partial charge is 0.303 e. The molecule has 0 aromatic heterocycles. The lowest BCUT2D eigenvalue weighted by molar-refractivity contribution is -0.226. The minimum Gasteiger partial charge on any atom is -0.451 e. The molecule has 0 saturated heterocycles. The Balaban J connectivity index is 1.86. The van der Waals surface area contributed by atoms with Gasteiger partial charge in [-0.2, -0.15) is 0 Å². The van der Waals surface area contributed by atoms with E-state index in [-0.39, 0.29) is 29.8 Å². The first kappa shape index (κ1) is 21.4. The number of hydrogen-bond donors (Lipinski definition) is 1. The normalized spacial score (nSPS) is 49.6. The van der Waals surface area contributed by atoms with Crippen LogP contribution in [0.5, 0.6) is 0 Å². The zero-order valence-electron chi connectivity index (χ0n) is 18.3. The SMILES string of the molecule is CC(=O)O[C@]1(C(C)=O)CCC2C3C[C@H](C)C4=CC(=O)C=C[C@]4(C)C3(F)[C@@H](O)C[C@@]21C. The van der Waals surface area contributed by atoms with Crippen molar-refractivity contribution in [1.29, 1.82) is 0 Å². The minimum atomic E-state index is -1.96. The quantitative estimate of drug-likeness (QED) is 0.695. The summed E-state index contributed by atoms with van der Waals surface area (Å²) in [6.45, 7) is 8.34. The lowest BCUT2D eigenvalue weighted by Gasteiger charge is -2.63. The summed E-state index contributed by atoms with van der Waals surface area (Å²) in [7, 11) is 0. The molecule has 4 rings (SSSR count). The summed E-state index contributed by atoms with van der Waals surface area (Å²) in [4.78, 5) is 36.7. The Morgan fingerprint density at radius 2 is 1.90 bits per heavy atom. The molecule has 6 heteroatoms. The average Bonchev–Trinajstić information content (AvgIpc) is 2.92. The van der Waals surface area contributed by atoms with Crippen LogP contribution in [0.1, 0.15) is 60.3 Å². The van der Waals surface area contributed by atoms with E-state index in [0.717, 1.165) is 5.57 Å². The summed E-state index contributed by atoms with van der Waals surface area (Å²) in [6.07, 6.45) is 4.58. The van der Waals surface area contributed by atoms with Crippen molar-refractivity contribution in [2.75, 3.05) is 0 Å². The molecule has 0 aromatic rings. The van der Waals surface area contributed by atoms with Crippen molar-refractivity contribution in [3.05, 3.63) is 23.8 Å². The molecule has 4 aliphatic rings.